The van der Waals surface area contributed by atoms with Crippen molar-refractivity contribution in [2.24, 2.45) is 5.18 Å². The second-order valence-electron chi connectivity index (χ2n) is 8.84. The molecule has 0 amide bonds. The van der Waals surface area contributed by atoms with Crippen LogP contribution >= 0.6 is 11.6 Å². The fraction of sp³-hybridized carbons (Fsp3) is 0.292. The van der Waals surface area contributed by atoms with Crippen LogP contribution in [0.1, 0.15) is 31.2 Å². The lowest BCUT2D eigenvalue weighted by molar-refractivity contribution is 0.407. The molecule has 36 heavy (non-hydrogen) atoms. The first kappa shape index (κ1) is 24.3. The summed E-state index contributed by atoms with van der Waals surface area (Å²) < 4.78 is 42.6. The summed E-state index contributed by atoms with van der Waals surface area (Å²) in [5.74, 6) is -0.590. The molecule has 9 nitrogen and oxygen atoms in total. The molecule has 5 rings (SSSR count). The van der Waals surface area contributed by atoms with Gasteiger partial charge in [0.2, 0.25) is 0 Å². The zero-order chi connectivity index (χ0) is 25.4. The Balaban J connectivity index is 1.59. The molecule has 1 saturated carbocycles. The van der Waals surface area contributed by atoms with Crippen molar-refractivity contribution >= 4 is 38.5 Å². The van der Waals surface area contributed by atoms with Gasteiger partial charge in [0.15, 0.2) is 23.1 Å². The minimum absolute atomic E-state index is 0.0335. The smallest absolute Gasteiger partial charge is 0.269 e. The topological polar surface area (TPSA) is 119 Å². The van der Waals surface area contributed by atoms with Crippen LogP contribution in [0.4, 0.5) is 10.2 Å². The molecule has 1 aliphatic rings. The fourth-order valence-corrected chi connectivity index (χ4v) is 5.90. The molecular weight excluding hydrogens is 507 g/mol. The van der Waals surface area contributed by atoms with E-state index >= 15 is 0 Å². The molecular formula is C24H22ClFN6O3S. The van der Waals surface area contributed by atoms with Crippen molar-refractivity contribution in [3.8, 4) is 11.4 Å². The molecule has 0 bridgehead atoms. The van der Waals surface area contributed by atoms with E-state index in [1.54, 1.807) is 18.2 Å². The Hall–Kier alpha value is -3.44. The average molecular weight is 529 g/mol. The van der Waals surface area contributed by atoms with E-state index in [0.29, 0.717) is 28.8 Å². The second-order valence-corrected chi connectivity index (χ2v) is 11.1. The van der Waals surface area contributed by atoms with Gasteiger partial charge in [-0.05, 0) is 50.8 Å². The molecule has 0 saturated heterocycles. The molecule has 2 unspecified atom stereocenters. The summed E-state index contributed by atoms with van der Waals surface area (Å²) in [4.78, 5) is 23.8. The van der Waals surface area contributed by atoms with Gasteiger partial charge in [-0.3, -0.25) is 0 Å². The number of anilines is 1. The molecule has 2 atom stereocenters. The predicted octanol–water partition coefficient (Wildman–Crippen LogP) is 5.32. The monoisotopic (exact) mass is 528 g/mol. The first-order valence-corrected chi connectivity index (χ1v) is 13.2. The Labute approximate surface area is 211 Å². The van der Waals surface area contributed by atoms with Crippen LogP contribution in [0.3, 0.4) is 0 Å². The SMILES string of the molecule is Cc1ccc(S(=O)(=O)n2cc(-c3ncc(F)c(NC4CCCC(N=O)C4)n3)c3cc(Cl)cnc32)cc1. The van der Waals surface area contributed by atoms with Gasteiger partial charge in [-0.25, -0.2) is 31.7 Å². The summed E-state index contributed by atoms with van der Waals surface area (Å²) in [7, 11) is -4.01. The third-order valence-corrected chi connectivity index (χ3v) is 8.15. The van der Waals surface area contributed by atoms with Crippen LogP contribution in [0, 0.1) is 17.6 Å². The number of nitrogens with zero attached hydrogens (tertiary/aromatic N) is 5. The molecule has 1 aromatic carbocycles. The Morgan fingerprint density at radius 2 is 1.94 bits per heavy atom. The van der Waals surface area contributed by atoms with E-state index < -0.39 is 15.8 Å². The first-order valence-electron chi connectivity index (χ1n) is 11.4. The minimum Gasteiger partial charge on any atom is -0.365 e. The Kier molecular flexibility index (Phi) is 6.44. The molecule has 3 aromatic heterocycles. The van der Waals surface area contributed by atoms with Gasteiger partial charge in [-0.2, -0.15) is 4.91 Å². The van der Waals surface area contributed by atoms with Gasteiger partial charge >= 0.3 is 0 Å². The van der Waals surface area contributed by atoms with Crippen molar-refractivity contribution in [3.05, 3.63) is 70.2 Å². The molecule has 1 fully saturated rings. The van der Waals surface area contributed by atoms with Crippen LogP contribution in [0.25, 0.3) is 22.4 Å². The highest BCUT2D eigenvalue weighted by Gasteiger charge is 2.26. The molecule has 1 N–H and O–H groups in total. The van der Waals surface area contributed by atoms with Crippen LogP contribution < -0.4 is 5.32 Å². The van der Waals surface area contributed by atoms with Crippen LogP contribution in [0.5, 0.6) is 0 Å². The number of fused-ring (bicyclic) bond motifs is 1. The number of rotatable bonds is 6. The quantitative estimate of drug-likeness (QED) is 0.336. The van der Waals surface area contributed by atoms with Gasteiger partial charge in [0.05, 0.1) is 22.2 Å². The van der Waals surface area contributed by atoms with Crippen molar-refractivity contribution in [3.63, 3.8) is 0 Å². The highest BCUT2D eigenvalue weighted by atomic mass is 35.5. The van der Waals surface area contributed by atoms with Crippen LogP contribution in [-0.2, 0) is 10.0 Å². The van der Waals surface area contributed by atoms with Crippen molar-refractivity contribution < 1.29 is 12.8 Å². The predicted molar refractivity (Wildman–Crippen MR) is 135 cm³/mol. The van der Waals surface area contributed by atoms with Gasteiger partial charge in [0, 0.05) is 29.4 Å². The van der Waals surface area contributed by atoms with E-state index in [2.05, 4.69) is 25.4 Å². The third-order valence-electron chi connectivity index (χ3n) is 6.28. The highest BCUT2D eigenvalue weighted by molar-refractivity contribution is 7.90. The van der Waals surface area contributed by atoms with Gasteiger partial charge in [-0.15, -0.1) is 0 Å². The van der Waals surface area contributed by atoms with Crippen molar-refractivity contribution in [2.75, 3.05) is 5.32 Å². The number of benzene rings is 1. The maximum Gasteiger partial charge on any atom is 0.269 e. The maximum absolute atomic E-state index is 14.6. The van der Waals surface area contributed by atoms with Crippen LogP contribution in [0.15, 0.2) is 59.0 Å². The molecule has 186 valence electrons. The lowest BCUT2D eigenvalue weighted by Crippen LogP contribution is -2.29. The molecule has 0 radical (unpaired) electrons. The summed E-state index contributed by atoms with van der Waals surface area (Å²) in [5.41, 5.74) is 1.39. The van der Waals surface area contributed by atoms with E-state index in [4.69, 9.17) is 11.6 Å². The lowest BCUT2D eigenvalue weighted by atomic mass is 9.91. The molecule has 0 spiro atoms. The van der Waals surface area contributed by atoms with Gasteiger partial charge < -0.3 is 5.32 Å². The molecule has 3 heterocycles. The Morgan fingerprint density at radius 1 is 1.17 bits per heavy atom. The van der Waals surface area contributed by atoms with E-state index in [-0.39, 0.29) is 34.3 Å². The molecule has 0 aliphatic heterocycles. The number of pyridine rings is 1. The summed E-state index contributed by atoms with van der Waals surface area (Å²) in [5, 5.41) is 6.89. The number of aryl methyl sites for hydroxylation is 1. The number of halogens is 2. The number of hydrogen-bond acceptors (Lipinski definition) is 8. The summed E-state index contributed by atoms with van der Waals surface area (Å²) >= 11 is 6.18. The van der Waals surface area contributed by atoms with E-state index in [9.17, 15) is 17.7 Å². The minimum atomic E-state index is -4.01. The van der Waals surface area contributed by atoms with Gasteiger partial charge in [-0.1, -0.05) is 34.5 Å². The third kappa shape index (κ3) is 4.56. The van der Waals surface area contributed by atoms with E-state index in [0.717, 1.165) is 28.6 Å². The van der Waals surface area contributed by atoms with Gasteiger partial charge in [0.1, 0.15) is 0 Å². The maximum atomic E-state index is 14.6. The number of hydrogen-bond donors (Lipinski definition) is 1. The second kappa shape index (κ2) is 9.55. The van der Waals surface area contributed by atoms with E-state index in [1.807, 2.05) is 6.92 Å². The zero-order valence-corrected chi connectivity index (χ0v) is 20.8. The number of aromatic nitrogens is 4. The fourth-order valence-electron chi connectivity index (χ4n) is 4.42. The lowest BCUT2D eigenvalue weighted by Gasteiger charge is -2.26. The zero-order valence-electron chi connectivity index (χ0n) is 19.2. The summed E-state index contributed by atoms with van der Waals surface area (Å²) in [6.45, 7) is 1.86. The van der Waals surface area contributed by atoms with Gasteiger partial charge in [0.25, 0.3) is 10.0 Å². The molecule has 1 aliphatic carbocycles. The van der Waals surface area contributed by atoms with Crippen LogP contribution in [0.2, 0.25) is 5.02 Å². The Morgan fingerprint density at radius 3 is 2.69 bits per heavy atom. The summed E-state index contributed by atoms with van der Waals surface area (Å²) in [6, 6.07) is 7.54. The Bertz CT molecular complexity index is 1560. The number of nitroso groups, excluding NO2 is 1. The average Bonchev–Trinajstić information content (AvgIpc) is 3.25. The van der Waals surface area contributed by atoms with Crippen LogP contribution in [-0.4, -0.2) is 39.4 Å². The largest absolute Gasteiger partial charge is 0.365 e. The first-order chi connectivity index (χ1) is 17.3. The standard InChI is InChI=1S/C24H22ClFN6O3S/c1-14-5-7-18(8-6-14)36(34,35)32-13-20(19-9-15(25)11-28-24(19)32)22-27-12-21(26)23(30-22)29-16-3-2-4-17(10-16)31-33/h5-9,11-13,16-17H,2-4,10H2,1H3,(H,27,29,30). The summed E-state index contributed by atoms with van der Waals surface area (Å²) in [6.07, 6.45) is 6.48. The van der Waals surface area contributed by atoms with Crippen molar-refractivity contribution in [1.29, 1.82) is 0 Å². The van der Waals surface area contributed by atoms with Crippen molar-refractivity contribution in [1.82, 2.24) is 18.9 Å². The molecule has 12 heteroatoms. The van der Waals surface area contributed by atoms with E-state index in [1.165, 1.54) is 24.5 Å². The number of nitrogens with one attached hydrogen (secondary N) is 1. The van der Waals surface area contributed by atoms with Crippen molar-refractivity contribution in [2.45, 2.75) is 49.6 Å². The molecule has 4 aromatic rings. The highest BCUT2D eigenvalue weighted by Crippen LogP contribution is 2.33. The normalized spacial score (nSPS) is 18.3.